The fourth-order valence-corrected chi connectivity index (χ4v) is 2.67. The van der Waals surface area contributed by atoms with Crippen LogP contribution in [0.1, 0.15) is 36.5 Å². The maximum absolute atomic E-state index is 6.06. The number of ether oxygens (including phenoxy) is 1. The van der Waals surface area contributed by atoms with E-state index < -0.39 is 0 Å². The molecule has 0 spiro atoms. The van der Waals surface area contributed by atoms with Gasteiger partial charge in [0.25, 0.3) is 0 Å². The molecule has 0 bridgehead atoms. The van der Waals surface area contributed by atoms with E-state index >= 15 is 0 Å². The molecular weight excluding hydrogens is 250 g/mol. The van der Waals surface area contributed by atoms with Crippen LogP contribution in [0.2, 0.25) is 0 Å². The lowest BCUT2D eigenvalue weighted by molar-refractivity contribution is 0.0398. The average Bonchev–Trinajstić information content (AvgIpc) is 2.51. The zero-order valence-electron chi connectivity index (χ0n) is 12.5. The Kier molecular flexibility index (Phi) is 5.87. The molecule has 1 aromatic rings. The lowest BCUT2D eigenvalue weighted by atomic mass is 9.89. The zero-order chi connectivity index (χ0) is 14.2. The third-order valence-electron chi connectivity index (χ3n) is 3.71. The monoisotopic (exact) mass is 275 g/mol. The Hall–Kier alpha value is -1.55. The van der Waals surface area contributed by atoms with Crippen molar-refractivity contribution >= 4 is 5.96 Å². The van der Waals surface area contributed by atoms with Crippen molar-refractivity contribution in [2.24, 2.45) is 4.99 Å². The quantitative estimate of drug-likeness (QED) is 0.492. The van der Waals surface area contributed by atoms with E-state index in [-0.39, 0.29) is 6.10 Å². The molecular formula is C16H25N3O. The third-order valence-corrected chi connectivity index (χ3v) is 3.71. The van der Waals surface area contributed by atoms with Crippen LogP contribution in [0.15, 0.2) is 29.3 Å². The second-order valence-corrected chi connectivity index (χ2v) is 5.05. The van der Waals surface area contributed by atoms with Crippen LogP contribution in [0.25, 0.3) is 0 Å². The first-order chi connectivity index (χ1) is 9.85. The maximum Gasteiger partial charge on any atom is 0.190 e. The van der Waals surface area contributed by atoms with Crippen LogP contribution in [0.4, 0.5) is 0 Å². The molecule has 1 unspecified atom stereocenters. The molecule has 0 saturated heterocycles. The predicted octanol–water partition coefficient (Wildman–Crippen LogP) is 2.27. The Balaban J connectivity index is 1.73. The van der Waals surface area contributed by atoms with Gasteiger partial charge in [-0.25, -0.2) is 0 Å². The highest BCUT2D eigenvalue weighted by atomic mass is 16.5. The Morgan fingerprint density at radius 2 is 2.25 bits per heavy atom. The molecule has 0 heterocycles. The van der Waals surface area contributed by atoms with E-state index in [0.717, 1.165) is 32.0 Å². The second kappa shape index (κ2) is 7.90. The largest absolute Gasteiger partial charge is 0.373 e. The number of guanidine groups is 1. The zero-order valence-corrected chi connectivity index (χ0v) is 12.5. The van der Waals surface area contributed by atoms with Gasteiger partial charge in [0, 0.05) is 27.2 Å². The van der Waals surface area contributed by atoms with Gasteiger partial charge >= 0.3 is 0 Å². The summed E-state index contributed by atoms with van der Waals surface area (Å²) in [5.41, 5.74) is 2.84. The SMILES string of the molecule is CN=C(NC)NCCCOC1CCCc2ccccc21. The highest BCUT2D eigenvalue weighted by Crippen LogP contribution is 2.32. The van der Waals surface area contributed by atoms with Gasteiger partial charge in [0.15, 0.2) is 5.96 Å². The predicted molar refractivity (Wildman–Crippen MR) is 83.1 cm³/mol. The fraction of sp³-hybridized carbons (Fsp3) is 0.562. The first-order valence-electron chi connectivity index (χ1n) is 7.43. The molecule has 2 rings (SSSR count). The van der Waals surface area contributed by atoms with Crippen LogP contribution < -0.4 is 10.6 Å². The topological polar surface area (TPSA) is 45.7 Å². The highest BCUT2D eigenvalue weighted by molar-refractivity contribution is 5.79. The van der Waals surface area contributed by atoms with Crippen LogP contribution in [0.3, 0.4) is 0 Å². The number of rotatable bonds is 5. The van der Waals surface area contributed by atoms with Crippen molar-refractivity contribution in [2.45, 2.75) is 31.8 Å². The van der Waals surface area contributed by atoms with Gasteiger partial charge in [0.2, 0.25) is 0 Å². The molecule has 0 aliphatic heterocycles. The van der Waals surface area contributed by atoms with E-state index in [1.807, 2.05) is 7.05 Å². The second-order valence-electron chi connectivity index (χ2n) is 5.05. The molecule has 4 heteroatoms. The van der Waals surface area contributed by atoms with Crippen LogP contribution in [0.5, 0.6) is 0 Å². The van der Waals surface area contributed by atoms with Gasteiger partial charge in [-0.15, -0.1) is 0 Å². The van der Waals surface area contributed by atoms with Gasteiger partial charge < -0.3 is 15.4 Å². The first kappa shape index (κ1) is 14.9. The Morgan fingerprint density at radius 1 is 1.40 bits per heavy atom. The van der Waals surface area contributed by atoms with Gasteiger partial charge in [-0.2, -0.15) is 0 Å². The van der Waals surface area contributed by atoms with E-state index in [0.29, 0.717) is 0 Å². The van der Waals surface area contributed by atoms with Gasteiger partial charge in [-0.1, -0.05) is 24.3 Å². The Morgan fingerprint density at radius 3 is 3.05 bits per heavy atom. The number of benzene rings is 1. The van der Waals surface area contributed by atoms with Crippen molar-refractivity contribution in [3.8, 4) is 0 Å². The molecule has 1 aliphatic carbocycles. The summed E-state index contributed by atoms with van der Waals surface area (Å²) < 4.78 is 6.06. The summed E-state index contributed by atoms with van der Waals surface area (Å²) in [6.07, 6.45) is 4.83. The van der Waals surface area contributed by atoms with E-state index in [1.165, 1.54) is 24.0 Å². The van der Waals surface area contributed by atoms with Crippen LogP contribution in [-0.2, 0) is 11.2 Å². The molecule has 1 aromatic carbocycles. The number of hydrogen-bond donors (Lipinski definition) is 2. The summed E-state index contributed by atoms with van der Waals surface area (Å²) in [7, 11) is 3.64. The molecule has 4 nitrogen and oxygen atoms in total. The van der Waals surface area contributed by atoms with Gasteiger partial charge in [0.05, 0.1) is 6.10 Å². The van der Waals surface area contributed by atoms with Gasteiger partial charge in [-0.05, 0) is 36.8 Å². The maximum atomic E-state index is 6.06. The number of fused-ring (bicyclic) bond motifs is 1. The third kappa shape index (κ3) is 3.97. The molecule has 110 valence electrons. The number of hydrogen-bond acceptors (Lipinski definition) is 2. The van der Waals surface area contributed by atoms with Crippen molar-refractivity contribution in [1.82, 2.24) is 10.6 Å². The highest BCUT2D eigenvalue weighted by Gasteiger charge is 2.19. The molecule has 0 aromatic heterocycles. The van der Waals surface area contributed by atoms with Crippen LogP contribution in [-0.4, -0.2) is 33.2 Å². The summed E-state index contributed by atoms with van der Waals surface area (Å²) in [5.74, 6) is 0.827. The van der Waals surface area contributed by atoms with Crippen molar-refractivity contribution in [3.05, 3.63) is 35.4 Å². The summed E-state index contributed by atoms with van der Waals surface area (Å²) in [4.78, 5) is 4.08. The van der Waals surface area contributed by atoms with Crippen LogP contribution >= 0.6 is 0 Å². The fourth-order valence-electron chi connectivity index (χ4n) is 2.67. The molecule has 1 aliphatic rings. The molecule has 0 saturated carbocycles. The van der Waals surface area contributed by atoms with Crippen molar-refractivity contribution in [3.63, 3.8) is 0 Å². The smallest absolute Gasteiger partial charge is 0.190 e. The average molecular weight is 275 g/mol. The van der Waals surface area contributed by atoms with Crippen molar-refractivity contribution in [2.75, 3.05) is 27.2 Å². The minimum absolute atomic E-state index is 0.281. The lowest BCUT2D eigenvalue weighted by Crippen LogP contribution is -2.35. The van der Waals surface area contributed by atoms with Crippen LogP contribution in [0, 0.1) is 0 Å². The number of nitrogens with zero attached hydrogens (tertiary/aromatic N) is 1. The molecule has 1 atom stereocenters. The molecule has 0 radical (unpaired) electrons. The molecule has 0 amide bonds. The molecule has 2 N–H and O–H groups in total. The molecule has 0 fully saturated rings. The summed E-state index contributed by atoms with van der Waals surface area (Å²) >= 11 is 0. The molecule has 20 heavy (non-hydrogen) atoms. The number of nitrogens with one attached hydrogen (secondary N) is 2. The minimum atomic E-state index is 0.281. The van der Waals surface area contributed by atoms with Crippen molar-refractivity contribution in [1.29, 1.82) is 0 Å². The minimum Gasteiger partial charge on any atom is -0.373 e. The summed E-state index contributed by atoms with van der Waals surface area (Å²) in [5, 5.41) is 6.24. The van der Waals surface area contributed by atoms with Crippen molar-refractivity contribution < 1.29 is 4.74 Å². The summed E-state index contributed by atoms with van der Waals surface area (Å²) in [6.45, 7) is 1.66. The standard InChI is InChI=1S/C16H25N3O/c1-17-16(18-2)19-11-6-12-20-15-10-5-8-13-7-3-4-9-14(13)15/h3-4,7,9,15H,5-6,8,10-12H2,1-2H3,(H2,17,18,19). The van der Waals surface area contributed by atoms with Gasteiger partial charge in [0.1, 0.15) is 0 Å². The normalized spacial score (nSPS) is 18.5. The first-order valence-corrected chi connectivity index (χ1v) is 7.43. The lowest BCUT2D eigenvalue weighted by Gasteiger charge is -2.25. The summed E-state index contributed by atoms with van der Waals surface area (Å²) in [6, 6.07) is 8.66. The number of aliphatic imine (C=N–C) groups is 1. The van der Waals surface area contributed by atoms with E-state index in [9.17, 15) is 0 Å². The number of aryl methyl sites for hydroxylation is 1. The van der Waals surface area contributed by atoms with E-state index in [4.69, 9.17) is 4.74 Å². The Labute approximate surface area is 121 Å². The van der Waals surface area contributed by atoms with E-state index in [2.05, 4.69) is 39.9 Å². The Bertz CT molecular complexity index is 445. The van der Waals surface area contributed by atoms with Gasteiger partial charge in [-0.3, -0.25) is 4.99 Å². The van der Waals surface area contributed by atoms with E-state index in [1.54, 1.807) is 7.05 Å².